The maximum Gasteiger partial charge on any atom is 0.514 e. The normalized spacial score (nSPS) is 10.5. The lowest BCUT2D eigenvalue weighted by molar-refractivity contribution is -0.394. The third-order valence-corrected chi connectivity index (χ3v) is 1.04. The third-order valence-electron chi connectivity index (χ3n) is 1.04. The second kappa shape index (κ2) is 2.60. The molecule has 0 unspecified atom stereocenters. The minimum Gasteiger partial charge on any atom is -0.390 e. The highest BCUT2D eigenvalue weighted by atomic mass is 16.6. The first-order valence-corrected chi connectivity index (χ1v) is 3.05. The summed E-state index contributed by atoms with van der Waals surface area (Å²) in [6.07, 6.45) is 0. The van der Waals surface area contributed by atoms with Gasteiger partial charge in [0, 0.05) is 5.21 Å². The van der Waals surface area contributed by atoms with Crippen LogP contribution < -0.4 is 0 Å². The minimum atomic E-state index is -0.675. The molecule has 11 heavy (non-hydrogen) atoms. The molecule has 60 valence electrons. The summed E-state index contributed by atoms with van der Waals surface area (Å²) in [6, 6.07) is -0.00352. The van der Waals surface area contributed by atoms with Crippen molar-refractivity contribution in [3.63, 3.8) is 0 Å². The average molecular weight is 157 g/mol. The summed E-state index contributed by atoms with van der Waals surface area (Å²) in [4.78, 5) is 10.6. The SMILES string of the molecule is CC(C)n1nnc([N+](=O)[O-])n1. The van der Waals surface area contributed by atoms with Crippen molar-refractivity contribution in [1.29, 1.82) is 0 Å². The Morgan fingerprint density at radius 1 is 1.64 bits per heavy atom. The molecule has 0 spiro atoms. The summed E-state index contributed by atoms with van der Waals surface area (Å²) >= 11 is 0. The zero-order valence-corrected chi connectivity index (χ0v) is 6.13. The molecule has 7 heteroatoms. The Labute approximate surface area is 62.2 Å². The molecule has 0 saturated carbocycles. The lowest BCUT2D eigenvalue weighted by Crippen LogP contribution is -2.05. The van der Waals surface area contributed by atoms with Gasteiger partial charge in [-0.05, 0) is 18.8 Å². The van der Waals surface area contributed by atoms with Crippen molar-refractivity contribution in [1.82, 2.24) is 20.2 Å². The highest BCUT2D eigenvalue weighted by molar-refractivity contribution is 4.92. The maximum atomic E-state index is 10.1. The van der Waals surface area contributed by atoms with E-state index >= 15 is 0 Å². The van der Waals surface area contributed by atoms with Gasteiger partial charge in [0.25, 0.3) is 0 Å². The molecule has 0 aliphatic heterocycles. The fraction of sp³-hybridized carbons (Fsp3) is 0.750. The molecular weight excluding hydrogens is 150 g/mol. The molecule has 0 atom stereocenters. The molecule has 7 nitrogen and oxygen atoms in total. The van der Waals surface area contributed by atoms with Gasteiger partial charge in [-0.15, -0.1) is 0 Å². The Kier molecular flexibility index (Phi) is 1.79. The standard InChI is InChI=1S/C4H7N5O2/c1-3(2)8-6-4(5-7-8)9(10)11/h3H,1-2H3. The van der Waals surface area contributed by atoms with Crippen molar-refractivity contribution >= 4 is 5.95 Å². The minimum absolute atomic E-state index is 0.00352. The Morgan fingerprint density at radius 2 is 2.27 bits per heavy atom. The predicted octanol–water partition coefficient (Wildman–Crippen LogP) is 0.162. The van der Waals surface area contributed by atoms with E-state index in [9.17, 15) is 10.1 Å². The lowest BCUT2D eigenvalue weighted by atomic mass is 10.4. The topological polar surface area (TPSA) is 86.7 Å². The van der Waals surface area contributed by atoms with Crippen LogP contribution in [0.5, 0.6) is 0 Å². The number of nitrogens with zero attached hydrogens (tertiary/aromatic N) is 5. The second-order valence-electron chi connectivity index (χ2n) is 2.26. The van der Waals surface area contributed by atoms with Gasteiger partial charge in [-0.3, -0.25) is 0 Å². The summed E-state index contributed by atoms with van der Waals surface area (Å²) in [7, 11) is 0. The fourth-order valence-electron chi connectivity index (χ4n) is 0.509. The molecule has 0 aliphatic carbocycles. The smallest absolute Gasteiger partial charge is 0.390 e. The Hall–Kier alpha value is -1.53. The zero-order chi connectivity index (χ0) is 8.43. The van der Waals surface area contributed by atoms with Crippen LogP contribution in [0.3, 0.4) is 0 Å². The molecule has 1 aromatic rings. The zero-order valence-electron chi connectivity index (χ0n) is 6.13. The van der Waals surface area contributed by atoms with Crippen LogP contribution in [0.25, 0.3) is 0 Å². The van der Waals surface area contributed by atoms with Gasteiger partial charge in [-0.1, -0.05) is 4.80 Å². The number of nitro groups is 1. The summed E-state index contributed by atoms with van der Waals surface area (Å²) in [5, 5.41) is 20.3. The van der Waals surface area contributed by atoms with E-state index in [4.69, 9.17) is 0 Å². The van der Waals surface area contributed by atoms with Crippen molar-refractivity contribution < 1.29 is 4.92 Å². The van der Waals surface area contributed by atoms with Gasteiger partial charge < -0.3 is 10.1 Å². The van der Waals surface area contributed by atoms with Crippen LogP contribution in [-0.2, 0) is 0 Å². The molecule has 0 radical (unpaired) electrons. The van der Waals surface area contributed by atoms with Crippen LogP contribution in [0.1, 0.15) is 19.9 Å². The monoisotopic (exact) mass is 157 g/mol. The van der Waals surface area contributed by atoms with Crippen molar-refractivity contribution in [3.8, 4) is 0 Å². The van der Waals surface area contributed by atoms with Gasteiger partial charge in [0.15, 0.2) is 0 Å². The van der Waals surface area contributed by atoms with Crippen molar-refractivity contribution in [2.24, 2.45) is 0 Å². The van der Waals surface area contributed by atoms with Crippen LogP contribution in [0, 0.1) is 10.1 Å². The van der Waals surface area contributed by atoms with Crippen LogP contribution in [0.15, 0.2) is 0 Å². The molecule has 0 saturated heterocycles. The molecule has 0 amide bonds. The van der Waals surface area contributed by atoms with Gasteiger partial charge in [-0.25, -0.2) is 0 Å². The van der Waals surface area contributed by atoms with Crippen molar-refractivity contribution in [3.05, 3.63) is 10.1 Å². The molecule has 1 rings (SSSR count). The molecular formula is C4H7N5O2. The van der Waals surface area contributed by atoms with Crippen LogP contribution in [0.4, 0.5) is 5.95 Å². The molecule has 1 aromatic heterocycles. The first kappa shape index (κ1) is 7.58. The van der Waals surface area contributed by atoms with Crippen molar-refractivity contribution in [2.45, 2.75) is 19.9 Å². The molecule has 0 aliphatic rings. The predicted molar refractivity (Wildman–Crippen MR) is 34.9 cm³/mol. The molecule has 1 heterocycles. The molecule has 0 bridgehead atoms. The average Bonchev–Trinajstić information content (AvgIpc) is 2.33. The first-order chi connectivity index (χ1) is 5.11. The Balaban J connectivity index is 2.90. The summed E-state index contributed by atoms with van der Waals surface area (Å²) < 4.78 is 0. The van der Waals surface area contributed by atoms with E-state index in [2.05, 4.69) is 15.4 Å². The van der Waals surface area contributed by atoms with Crippen LogP contribution in [0.2, 0.25) is 0 Å². The first-order valence-electron chi connectivity index (χ1n) is 3.05. The van der Waals surface area contributed by atoms with E-state index in [-0.39, 0.29) is 6.04 Å². The van der Waals surface area contributed by atoms with Crippen LogP contribution in [-0.4, -0.2) is 25.1 Å². The van der Waals surface area contributed by atoms with E-state index in [1.807, 2.05) is 13.8 Å². The van der Waals surface area contributed by atoms with E-state index < -0.39 is 10.9 Å². The lowest BCUT2D eigenvalue weighted by Gasteiger charge is -1.93. The highest BCUT2D eigenvalue weighted by Crippen LogP contribution is 2.02. The van der Waals surface area contributed by atoms with Crippen LogP contribution >= 0.6 is 0 Å². The number of rotatable bonds is 2. The van der Waals surface area contributed by atoms with Gasteiger partial charge in [0.2, 0.25) is 0 Å². The van der Waals surface area contributed by atoms with Gasteiger partial charge >= 0.3 is 5.95 Å². The number of aromatic nitrogens is 4. The number of tetrazole rings is 1. The van der Waals surface area contributed by atoms with Gasteiger partial charge in [0.1, 0.15) is 0 Å². The summed E-state index contributed by atoms with van der Waals surface area (Å²) in [5.74, 6) is -0.460. The van der Waals surface area contributed by atoms with E-state index in [0.717, 1.165) is 0 Å². The summed E-state index contributed by atoms with van der Waals surface area (Å²) in [6.45, 7) is 3.62. The second-order valence-corrected chi connectivity index (χ2v) is 2.26. The number of hydrogen-bond donors (Lipinski definition) is 0. The Morgan fingerprint density at radius 3 is 2.55 bits per heavy atom. The third kappa shape index (κ3) is 1.48. The van der Waals surface area contributed by atoms with Gasteiger partial charge in [0.05, 0.1) is 16.2 Å². The highest BCUT2D eigenvalue weighted by Gasteiger charge is 2.16. The molecule has 0 aromatic carbocycles. The van der Waals surface area contributed by atoms with Crippen molar-refractivity contribution in [2.75, 3.05) is 0 Å². The molecule has 0 N–H and O–H groups in total. The van der Waals surface area contributed by atoms with E-state index in [1.54, 1.807) is 0 Å². The fourth-order valence-corrected chi connectivity index (χ4v) is 0.509. The Bertz CT molecular complexity index is 267. The summed E-state index contributed by atoms with van der Waals surface area (Å²) in [5.41, 5.74) is 0. The number of hydrogen-bond acceptors (Lipinski definition) is 5. The molecule has 0 fully saturated rings. The van der Waals surface area contributed by atoms with E-state index in [1.165, 1.54) is 4.80 Å². The largest absolute Gasteiger partial charge is 0.514 e. The van der Waals surface area contributed by atoms with Gasteiger partial charge in [-0.2, -0.15) is 0 Å². The quantitative estimate of drug-likeness (QED) is 0.450. The van der Waals surface area contributed by atoms with E-state index in [0.29, 0.717) is 0 Å². The maximum absolute atomic E-state index is 10.1.